The number of carbonyl (C=O) groups is 4. The Balaban J connectivity index is 1.47. The van der Waals surface area contributed by atoms with Gasteiger partial charge in [0.05, 0.1) is 17.4 Å². The van der Waals surface area contributed by atoms with Gasteiger partial charge in [0.1, 0.15) is 17.6 Å². The smallest absolute Gasteiger partial charge is 0.268 e. The van der Waals surface area contributed by atoms with Gasteiger partial charge in [0.2, 0.25) is 11.8 Å². The number of benzene rings is 1. The second-order valence-corrected chi connectivity index (χ2v) is 9.03. The molecule has 2 heterocycles. The summed E-state index contributed by atoms with van der Waals surface area (Å²) in [5.41, 5.74) is 0.355. The van der Waals surface area contributed by atoms with E-state index in [1.807, 2.05) is 0 Å². The van der Waals surface area contributed by atoms with Crippen LogP contribution in [0.1, 0.15) is 42.6 Å². The van der Waals surface area contributed by atoms with Crippen LogP contribution in [-0.2, 0) is 14.4 Å². The summed E-state index contributed by atoms with van der Waals surface area (Å²) in [5.74, 6) is -2.40. The number of H-pyrrole nitrogens is 1. The molecule has 10 heteroatoms. The number of ketones is 1. The van der Waals surface area contributed by atoms with E-state index < -0.39 is 29.7 Å². The highest BCUT2D eigenvalue weighted by molar-refractivity contribution is 6.28. The van der Waals surface area contributed by atoms with Gasteiger partial charge in [-0.2, -0.15) is 0 Å². The standard InChI is InChI=1S/C23H26ClFN4O4/c24-11-19(30)16(10-14-6-7-26-21(14)31)28-22(32)17(8-12-4-5-12)29-23(33)18-9-13-2-1-3-15(25)20(13)27-18/h1-3,9,12,14,16-17,27H,4-8,10-11H2,(H,26,31)(H,28,32)(H,29,33)/t14-,16?,17?/m0/s1. The highest BCUT2D eigenvalue weighted by atomic mass is 35.5. The van der Waals surface area contributed by atoms with Crippen molar-refractivity contribution < 1.29 is 23.6 Å². The number of alkyl halides is 1. The monoisotopic (exact) mass is 476 g/mol. The fourth-order valence-electron chi connectivity index (χ4n) is 4.19. The van der Waals surface area contributed by atoms with Gasteiger partial charge in [-0.3, -0.25) is 19.2 Å². The van der Waals surface area contributed by atoms with Crippen molar-refractivity contribution in [1.29, 1.82) is 0 Å². The molecule has 1 aliphatic carbocycles. The molecule has 0 spiro atoms. The first-order chi connectivity index (χ1) is 15.9. The Hall–Kier alpha value is -2.94. The van der Waals surface area contributed by atoms with Gasteiger partial charge in [0.25, 0.3) is 5.91 Å². The average molecular weight is 477 g/mol. The Kier molecular flexibility index (Phi) is 6.97. The van der Waals surface area contributed by atoms with Gasteiger partial charge in [0, 0.05) is 17.8 Å². The number of carbonyl (C=O) groups excluding carboxylic acids is 4. The zero-order valence-corrected chi connectivity index (χ0v) is 18.7. The topological polar surface area (TPSA) is 120 Å². The normalized spacial score (nSPS) is 19.7. The van der Waals surface area contributed by atoms with Crippen molar-refractivity contribution in [3.63, 3.8) is 0 Å². The summed E-state index contributed by atoms with van der Waals surface area (Å²) in [6.07, 6.45) is 3.10. The van der Waals surface area contributed by atoms with Crippen molar-refractivity contribution in [1.82, 2.24) is 20.9 Å². The zero-order chi connectivity index (χ0) is 23.5. The minimum Gasteiger partial charge on any atom is -0.356 e. The van der Waals surface area contributed by atoms with E-state index in [9.17, 15) is 23.6 Å². The van der Waals surface area contributed by atoms with Crippen LogP contribution in [0.15, 0.2) is 24.3 Å². The lowest BCUT2D eigenvalue weighted by Gasteiger charge is -2.23. The number of nitrogens with one attached hydrogen (secondary N) is 4. The quantitative estimate of drug-likeness (QED) is 0.392. The van der Waals surface area contributed by atoms with Gasteiger partial charge in [-0.05, 0) is 37.3 Å². The maximum atomic E-state index is 14.0. The lowest BCUT2D eigenvalue weighted by molar-refractivity contribution is -0.129. The lowest BCUT2D eigenvalue weighted by atomic mass is 9.95. The number of rotatable bonds is 10. The molecule has 1 aromatic carbocycles. The predicted molar refractivity (Wildman–Crippen MR) is 120 cm³/mol. The maximum Gasteiger partial charge on any atom is 0.268 e. The third-order valence-corrected chi connectivity index (χ3v) is 6.52. The molecule has 4 rings (SSSR count). The van der Waals surface area contributed by atoms with Crippen molar-refractivity contribution >= 4 is 46.0 Å². The number of halogens is 2. The number of aromatic amines is 1. The van der Waals surface area contributed by atoms with Crippen LogP contribution < -0.4 is 16.0 Å². The van der Waals surface area contributed by atoms with Crippen molar-refractivity contribution in [3.05, 3.63) is 35.8 Å². The highest BCUT2D eigenvalue weighted by Crippen LogP contribution is 2.33. The molecule has 2 aromatic rings. The van der Waals surface area contributed by atoms with E-state index in [2.05, 4.69) is 20.9 Å². The largest absolute Gasteiger partial charge is 0.356 e. The summed E-state index contributed by atoms with van der Waals surface area (Å²) in [6, 6.07) is 4.27. The number of hydrogen-bond donors (Lipinski definition) is 4. The summed E-state index contributed by atoms with van der Waals surface area (Å²) < 4.78 is 14.0. The van der Waals surface area contributed by atoms with Crippen LogP contribution >= 0.6 is 11.6 Å². The van der Waals surface area contributed by atoms with Crippen LogP contribution in [0.4, 0.5) is 4.39 Å². The van der Waals surface area contributed by atoms with Crippen molar-refractivity contribution in [3.8, 4) is 0 Å². The third-order valence-electron chi connectivity index (χ3n) is 6.26. The van der Waals surface area contributed by atoms with Crippen molar-refractivity contribution in [2.24, 2.45) is 11.8 Å². The molecule has 2 aliphatic rings. The van der Waals surface area contributed by atoms with Crippen LogP contribution in [0, 0.1) is 17.7 Å². The molecule has 1 saturated heterocycles. The predicted octanol–water partition coefficient (Wildman–Crippen LogP) is 2.02. The zero-order valence-electron chi connectivity index (χ0n) is 18.0. The molecule has 3 atom stereocenters. The fraction of sp³-hybridized carbons (Fsp3) is 0.478. The number of hydrogen-bond acceptors (Lipinski definition) is 4. The number of fused-ring (bicyclic) bond motifs is 1. The number of Topliss-reactive ketones (excluding diaryl/α,β-unsaturated/α-hetero) is 1. The lowest BCUT2D eigenvalue weighted by Crippen LogP contribution is -2.52. The number of para-hydroxylation sites is 1. The van der Waals surface area contributed by atoms with E-state index in [1.54, 1.807) is 12.1 Å². The molecule has 1 aliphatic heterocycles. The molecule has 2 fully saturated rings. The summed E-state index contributed by atoms with van der Waals surface area (Å²) in [6.45, 7) is 0.532. The van der Waals surface area contributed by atoms with E-state index in [1.165, 1.54) is 12.1 Å². The van der Waals surface area contributed by atoms with Crippen LogP contribution in [0.5, 0.6) is 0 Å². The van der Waals surface area contributed by atoms with E-state index in [0.29, 0.717) is 30.7 Å². The molecule has 0 radical (unpaired) electrons. The summed E-state index contributed by atoms with van der Waals surface area (Å²) >= 11 is 5.74. The minimum absolute atomic E-state index is 0.139. The Morgan fingerprint density at radius 2 is 1.91 bits per heavy atom. The first-order valence-electron chi connectivity index (χ1n) is 11.1. The first-order valence-corrected chi connectivity index (χ1v) is 11.6. The van der Waals surface area contributed by atoms with Gasteiger partial charge in [-0.1, -0.05) is 25.0 Å². The molecular formula is C23H26ClFN4O4. The molecule has 2 unspecified atom stereocenters. The second kappa shape index (κ2) is 9.91. The van der Waals surface area contributed by atoms with Gasteiger partial charge >= 0.3 is 0 Å². The maximum absolute atomic E-state index is 14.0. The number of amides is 3. The Labute approximate surface area is 195 Å². The van der Waals surface area contributed by atoms with E-state index in [-0.39, 0.29) is 41.1 Å². The van der Waals surface area contributed by atoms with Crippen LogP contribution in [-0.4, -0.2) is 53.0 Å². The van der Waals surface area contributed by atoms with Crippen LogP contribution in [0.25, 0.3) is 10.9 Å². The highest BCUT2D eigenvalue weighted by Gasteiger charge is 2.35. The molecular weight excluding hydrogens is 451 g/mol. The molecule has 1 aromatic heterocycles. The fourth-order valence-corrected chi connectivity index (χ4v) is 4.37. The summed E-state index contributed by atoms with van der Waals surface area (Å²) in [7, 11) is 0. The first kappa shape index (κ1) is 23.2. The molecule has 0 bridgehead atoms. The van der Waals surface area contributed by atoms with E-state index in [0.717, 1.165) is 12.8 Å². The van der Waals surface area contributed by atoms with Crippen molar-refractivity contribution in [2.45, 2.75) is 44.2 Å². The van der Waals surface area contributed by atoms with Crippen LogP contribution in [0.2, 0.25) is 0 Å². The molecule has 4 N–H and O–H groups in total. The van der Waals surface area contributed by atoms with Crippen molar-refractivity contribution in [2.75, 3.05) is 12.4 Å². The van der Waals surface area contributed by atoms with Gasteiger partial charge < -0.3 is 20.9 Å². The minimum atomic E-state index is -0.912. The number of aromatic nitrogens is 1. The van der Waals surface area contributed by atoms with E-state index in [4.69, 9.17) is 11.6 Å². The molecule has 176 valence electrons. The Bertz CT molecular complexity index is 1080. The van der Waals surface area contributed by atoms with E-state index >= 15 is 0 Å². The van der Waals surface area contributed by atoms with Gasteiger partial charge in [-0.15, -0.1) is 11.6 Å². The molecule has 3 amide bonds. The Morgan fingerprint density at radius 3 is 2.55 bits per heavy atom. The van der Waals surface area contributed by atoms with Gasteiger partial charge in [-0.25, -0.2) is 4.39 Å². The molecule has 1 saturated carbocycles. The molecule has 33 heavy (non-hydrogen) atoms. The van der Waals surface area contributed by atoms with Gasteiger partial charge in [0.15, 0.2) is 5.78 Å². The third kappa shape index (κ3) is 5.52. The Morgan fingerprint density at radius 1 is 1.12 bits per heavy atom. The summed E-state index contributed by atoms with van der Waals surface area (Å²) in [4.78, 5) is 53.0. The second-order valence-electron chi connectivity index (χ2n) is 8.77. The molecule has 8 nitrogen and oxygen atoms in total. The average Bonchev–Trinajstić information content (AvgIpc) is 3.35. The summed E-state index contributed by atoms with van der Waals surface area (Å²) in [5, 5.41) is 8.69. The SMILES string of the molecule is O=C(NC(CC1CC1)C(=O)NC(C[C@@H]1CCNC1=O)C(=O)CCl)c1cc2cccc(F)c2[nH]1. The van der Waals surface area contributed by atoms with Crippen LogP contribution in [0.3, 0.4) is 0 Å².